The molecule has 0 amide bonds. The van der Waals surface area contributed by atoms with Crippen molar-refractivity contribution in [2.75, 3.05) is 6.61 Å². The van der Waals surface area contributed by atoms with Crippen LogP contribution in [0.2, 0.25) is 0 Å². The van der Waals surface area contributed by atoms with Crippen molar-refractivity contribution < 1.29 is 9.53 Å². The van der Waals surface area contributed by atoms with Crippen LogP contribution in [-0.2, 0) is 4.74 Å². The molecule has 0 radical (unpaired) electrons. The molecular weight excluding hydrogens is 188 g/mol. The molecule has 15 heavy (non-hydrogen) atoms. The van der Waals surface area contributed by atoms with E-state index in [1.165, 1.54) is 0 Å². The first-order valence-electron chi connectivity index (χ1n) is 5.12. The second-order valence-corrected chi connectivity index (χ2v) is 5.01. The van der Waals surface area contributed by atoms with Gasteiger partial charge < -0.3 is 4.74 Å². The van der Waals surface area contributed by atoms with Crippen molar-refractivity contribution >= 4 is 5.97 Å². The fourth-order valence-corrected chi connectivity index (χ4v) is 1.14. The molecular formula is C13H18O2. The van der Waals surface area contributed by atoms with Gasteiger partial charge in [0.1, 0.15) is 0 Å². The third kappa shape index (κ3) is 4.15. The van der Waals surface area contributed by atoms with Crippen LogP contribution in [0.25, 0.3) is 0 Å². The summed E-state index contributed by atoms with van der Waals surface area (Å²) >= 11 is 0. The van der Waals surface area contributed by atoms with Crippen molar-refractivity contribution in [3.63, 3.8) is 0 Å². The predicted molar refractivity (Wildman–Crippen MR) is 60.9 cm³/mol. The molecule has 0 aromatic heterocycles. The maximum atomic E-state index is 11.6. The van der Waals surface area contributed by atoms with Gasteiger partial charge in [-0.2, -0.15) is 0 Å². The number of hydrogen-bond acceptors (Lipinski definition) is 2. The van der Waals surface area contributed by atoms with E-state index in [-0.39, 0.29) is 11.4 Å². The Kier molecular flexibility index (Phi) is 3.51. The number of esters is 1. The van der Waals surface area contributed by atoms with Crippen molar-refractivity contribution in [1.29, 1.82) is 0 Å². The summed E-state index contributed by atoms with van der Waals surface area (Å²) in [6.07, 6.45) is 0. The molecule has 0 aliphatic rings. The standard InChI is InChI=1S/C13H18O2/c1-10-6-5-7-11(8-10)12(14)15-9-13(2,3)4/h5-8H,9H2,1-4H3. The Labute approximate surface area is 91.3 Å². The van der Waals surface area contributed by atoms with E-state index >= 15 is 0 Å². The molecule has 0 aliphatic heterocycles. The zero-order valence-corrected chi connectivity index (χ0v) is 9.83. The molecule has 1 rings (SSSR count). The Balaban J connectivity index is 2.62. The van der Waals surface area contributed by atoms with Gasteiger partial charge in [-0.15, -0.1) is 0 Å². The van der Waals surface area contributed by atoms with Gasteiger partial charge in [-0.25, -0.2) is 4.79 Å². The van der Waals surface area contributed by atoms with E-state index in [0.29, 0.717) is 12.2 Å². The minimum absolute atomic E-state index is 0.0134. The molecule has 0 atom stereocenters. The lowest BCUT2D eigenvalue weighted by molar-refractivity contribution is 0.0367. The number of ether oxygens (including phenoxy) is 1. The van der Waals surface area contributed by atoms with Gasteiger partial charge in [0.15, 0.2) is 0 Å². The normalized spacial score (nSPS) is 11.2. The molecule has 1 aromatic carbocycles. The first-order valence-corrected chi connectivity index (χ1v) is 5.12. The van der Waals surface area contributed by atoms with Crippen molar-refractivity contribution in [3.05, 3.63) is 35.4 Å². The summed E-state index contributed by atoms with van der Waals surface area (Å²) in [7, 11) is 0. The van der Waals surface area contributed by atoms with Gasteiger partial charge in [-0.05, 0) is 24.5 Å². The van der Waals surface area contributed by atoms with Crippen molar-refractivity contribution in [2.45, 2.75) is 27.7 Å². The first kappa shape index (κ1) is 11.8. The highest BCUT2D eigenvalue weighted by Gasteiger charge is 2.14. The molecule has 0 N–H and O–H groups in total. The van der Waals surface area contributed by atoms with E-state index in [1.54, 1.807) is 6.07 Å². The molecule has 82 valence electrons. The van der Waals surface area contributed by atoms with Crippen LogP contribution < -0.4 is 0 Å². The molecule has 0 spiro atoms. The van der Waals surface area contributed by atoms with Crippen LogP contribution in [0.15, 0.2) is 24.3 Å². The number of benzene rings is 1. The second-order valence-electron chi connectivity index (χ2n) is 5.01. The van der Waals surface area contributed by atoms with Crippen LogP contribution in [-0.4, -0.2) is 12.6 Å². The molecule has 2 nitrogen and oxygen atoms in total. The van der Waals surface area contributed by atoms with Crippen LogP contribution in [0.3, 0.4) is 0 Å². The Bertz CT molecular complexity index is 348. The van der Waals surface area contributed by atoms with Crippen LogP contribution in [0, 0.1) is 12.3 Å². The van der Waals surface area contributed by atoms with Crippen LogP contribution in [0.5, 0.6) is 0 Å². The molecule has 0 aliphatic carbocycles. The summed E-state index contributed by atoms with van der Waals surface area (Å²) in [5, 5.41) is 0. The predicted octanol–water partition coefficient (Wildman–Crippen LogP) is 3.20. The summed E-state index contributed by atoms with van der Waals surface area (Å²) in [6, 6.07) is 7.44. The number of hydrogen-bond donors (Lipinski definition) is 0. The number of carbonyl (C=O) groups is 1. The minimum Gasteiger partial charge on any atom is -0.462 e. The smallest absolute Gasteiger partial charge is 0.338 e. The van der Waals surface area contributed by atoms with E-state index in [2.05, 4.69) is 0 Å². The van der Waals surface area contributed by atoms with Gasteiger partial charge in [-0.1, -0.05) is 38.5 Å². The van der Waals surface area contributed by atoms with Gasteiger partial charge >= 0.3 is 5.97 Å². The molecule has 0 bridgehead atoms. The third-order valence-corrected chi connectivity index (χ3v) is 1.89. The summed E-state index contributed by atoms with van der Waals surface area (Å²) in [4.78, 5) is 11.6. The van der Waals surface area contributed by atoms with Crippen molar-refractivity contribution in [2.24, 2.45) is 5.41 Å². The van der Waals surface area contributed by atoms with E-state index < -0.39 is 0 Å². The maximum Gasteiger partial charge on any atom is 0.338 e. The number of rotatable bonds is 2. The SMILES string of the molecule is Cc1cccc(C(=O)OCC(C)(C)C)c1. The Morgan fingerprint density at radius 3 is 2.53 bits per heavy atom. The van der Waals surface area contributed by atoms with Gasteiger partial charge in [0, 0.05) is 0 Å². The molecule has 2 heteroatoms. The average Bonchev–Trinajstić information content (AvgIpc) is 2.13. The topological polar surface area (TPSA) is 26.3 Å². The number of aryl methyl sites for hydroxylation is 1. The van der Waals surface area contributed by atoms with Gasteiger partial charge in [0.2, 0.25) is 0 Å². The lowest BCUT2D eigenvalue weighted by Gasteiger charge is -2.17. The van der Waals surface area contributed by atoms with E-state index in [9.17, 15) is 4.79 Å². The highest BCUT2D eigenvalue weighted by molar-refractivity contribution is 5.89. The monoisotopic (exact) mass is 206 g/mol. The highest BCUT2D eigenvalue weighted by Crippen LogP contribution is 2.14. The lowest BCUT2D eigenvalue weighted by Crippen LogP contribution is -2.18. The van der Waals surface area contributed by atoms with Gasteiger partial charge in [-0.3, -0.25) is 0 Å². The van der Waals surface area contributed by atoms with Crippen LogP contribution in [0.4, 0.5) is 0 Å². The maximum absolute atomic E-state index is 11.6. The molecule has 0 saturated heterocycles. The summed E-state index contributed by atoms with van der Waals surface area (Å²) in [5.41, 5.74) is 1.71. The molecule has 0 fully saturated rings. The molecule has 0 saturated carbocycles. The Morgan fingerprint density at radius 1 is 1.33 bits per heavy atom. The van der Waals surface area contributed by atoms with Crippen molar-refractivity contribution in [3.8, 4) is 0 Å². The zero-order valence-electron chi connectivity index (χ0n) is 9.83. The van der Waals surface area contributed by atoms with Crippen LogP contribution >= 0.6 is 0 Å². The van der Waals surface area contributed by atoms with Crippen LogP contribution in [0.1, 0.15) is 36.7 Å². The van der Waals surface area contributed by atoms with Gasteiger partial charge in [0.25, 0.3) is 0 Å². The second kappa shape index (κ2) is 4.47. The van der Waals surface area contributed by atoms with Crippen molar-refractivity contribution in [1.82, 2.24) is 0 Å². The zero-order chi connectivity index (χ0) is 11.5. The number of carbonyl (C=O) groups excluding carboxylic acids is 1. The lowest BCUT2D eigenvalue weighted by atomic mass is 9.99. The fraction of sp³-hybridized carbons (Fsp3) is 0.462. The quantitative estimate of drug-likeness (QED) is 0.694. The highest BCUT2D eigenvalue weighted by atomic mass is 16.5. The summed E-state index contributed by atoms with van der Waals surface area (Å²) in [6.45, 7) is 8.52. The van der Waals surface area contributed by atoms with Gasteiger partial charge in [0.05, 0.1) is 12.2 Å². The first-order chi connectivity index (χ1) is 6.88. The van der Waals surface area contributed by atoms with E-state index in [0.717, 1.165) is 5.56 Å². The minimum atomic E-state index is -0.242. The Morgan fingerprint density at radius 2 is 2.00 bits per heavy atom. The molecule has 0 unspecified atom stereocenters. The largest absolute Gasteiger partial charge is 0.462 e. The summed E-state index contributed by atoms with van der Waals surface area (Å²) in [5.74, 6) is -0.242. The van der Waals surface area contributed by atoms with E-state index in [1.807, 2.05) is 45.9 Å². The molecule has 1 aromatic rings. The third-order valence-electron chi connectivity index (χ3n) is 1.89. The fourth-order valence-electron chi connectivity index (χ4n) is 1.14. The average molecular weight is 206 g/mol. The van der Waals surface area contributed by atoms with E-state index in [4.69, 9.17) is 4.74 Å². The Hall–Kier alpha value is -1.31. The molecule has 0 heterocycles. The summed E-state index contributed by atoms with van der Waals surface area (Å²) < 4.78 is 5.21.